The van der Waals surface area contributed by atoms with Crippen molar-refractivity contribution >= 4 is 22.3 Å². The van der Waals surface area contributed by atoms with Crippen LogP contribution in [0.4, 0.5) is 11.4 Å². The van der Waals surface area contributed by atoms with Gasteiger partial charge in [-0.3, -0.25) is 9.97 Å². The molecule has 4 heteroatoms. The van der Waals surface area contributed by atoms with Gasteiger partial charge in [-0.1, -0.05) is 24.3 Å². The number of hydrogen-bond acceptors (Lipinski definition) is 4. The second-order valence-corrected chi connectivity index (χ2v) is 4.31. The van der Waals surface area contributed by atoms with Gasteiger partial charge in [0.25, 0.3) is 0 Å². The number of aromatic nitrogens is 2. The van der Waals surface area contributed by atoms with Gasteiger partial charge in [0.05, 0.1) is 23.1 Å². The van der Waals surface area contributed by atoms with E-state index in [4.69, 9.17) is 5.73 Å². The third-order valence-corrected chi connectivity index (χ3v) is 3.04. The fourth-order valence-electron chi connectivity index (χ4n) is 2.07. The number of pyridine rings is 2. The highest BCUT2D eigenvalue weighted by atomic mass is 14.9. The number of hydrogen-bond donors (Lipinski definition) is 2. The Balaban J connectivity index is 1.88. The second-order valence-electron chi connectivity index (χ2n) is 4.31. The van der Waals surface area contributed by atoms with Gasteiger partial charge in [-0.2, -0.15) is 0 Å². The standard InChI is InChI=1S/C15H14N4/c16-13-10-17-8-6-14(13)19-9-12-4-1-3-11-5-2-7-18-15(11)12/h1-8,10H,9,16H2,(H,17,19). The van der Waals surface area contributed by atoms with Gasteiger partial charge in [-0.05, 0) is 17.7 Å². The van der Waals surface area contributed by atoms with Crippen LogP contribution >= 0.6 is 0 Å². The molecule has 0 aliphatic heterocycles. The molecule has 0 saturated heterocycles. The van der Waals surface area contributed by atoms with Gasteiger partial charge in [-0.25, -0.2) is 0 Å². The fraction of sp³-hybridized carbons (Fsp3) is 0.0667. The van der Waals surface area contributed by atoms with Crippen LogP contribution in [0.5, 0.6) is 0 Å². The number of nitrogens with one attached hydrogen (secondary N) is 1. The van der Waals surface area contributed by atoms with E-state index in [0.717, 1.165) is 22.2 Å². The van der Waals surface area contributed by atoms with E-state index in [1.807, 2.05) is 24.4 Å². The number of rotatable bonds is 3. The molecule has 3 aromatic rings. The molecule has 3 rings (SSSR count). The number of benzene rings is 1. The normalized spacial score (nSPS) is 10.5. The van der Waals surface area contributed by atoms with E-state index < -0.39 is 0 Å². The molecule has 2 aromatic heterocycles. The van der Waals surface area contributed by atoms with Crippen LogP contribution in [0.25, 0.3) is 10.9 Å². The van der Waals surface area contributed by atoms with Crippen molar-refractivity contribution in [2.45, 2.75) is 6.54 Å². The van der Waals surface area contributed by atoms with E-state index in [2.05, 4.69) is 33.5 Å². The van der Waals surface area contributed by atoms with Gasteiger partial charge >= 0.3 is 0 Å². The molecule has 0 atom stereocenters. The van der Waals surface area contributed by atoms with Crippen molar-refractivity contribution in [3.8, 4) is 0 Å². The molecule has 1 aromatic carbocycles. The summed E-state index contributed by atoms with van der Waals surface area (Å²) in [6, 6.07) is 12.0. The zero-order chi connectivity index (χ0) is 13.1. The fourth-order valence-corrected chi connectivity index (χ4v) is 2.07. The summed E-state index contributed by atoms with van der Waals surface area (Å²) in [5, 5.41) is 4.46. The van der Waals surface area contributed by atoms with Gasteiger partial charge < -0.3 is 11.1 Å². The van der Waals surface area contributed by atoms with Crippen LogP contribution in [0, 0.1) is 0 Å². The molecule has 94 valence electrons. The lowest BCUT2D eigenvalue weighted by Crippen LogP contribution is -2.03. The van der Waals surface area contributed by atoms with Crippen molar-refractivity contribution in [3.63, 3.8) is 0 Å². The first-order valence-corrected chi connectivity index (χ1v) is 6.10. The molecule has 4 nitrogen and oxygen atoms in total. The van der Waals surface area contributed by atoms with Crippen LogP contribution in [-0.4, -0.2) is 9.97 Å². The number of nitrogens with zero attached hydrogens (tertiary/aromatic N) is 2. The topological polar surface area (TPSA) is 63.8 Å². The molecule has 0 fully saturated rings. The van der Waals surface area contributed by atoms with Crippen molar-refractivity contribution in [1.29, 1.82) is 0 Å². The highest BCUT2D eigenvalue weighted by Crippen LogP contribution is 2.20. The van der Waals surface area contributed by atoms with Crippen molar-refractivity contribution in [2.24, 2.45) is 0 Å². The van der Waals surface area contributed by atoms with Crippen molar-refractivity contribution in [1.82, 2.24) is 9.97 Å². The average Bonchev–Trinajstić information content (AvgIpc) is 2.46. The minimum absolute atomic E-state index is 0.649. The maximum absolute atomic E-state index is 5.86. The Kier molecular flexibility index (Phi) is 2.98. The number of nitrogens with two attached hydrogens (primary N) is 1. The molecule has 0 amide bonds. The highest BCUT2D eigenvalue weighted by Gasteiger charge is 2.02. The summed E-state index contributed by atoms with van der Waals surface area (Å²) < 4.78 is 0. The Morgan fingerprint density at radius 1 is 1.05 bits per heavy atom. The molecular weight excluding hydrogens is 236 g/mol. The predicted octanol–water partition coefficient (Wildman–Crippen LogP) is 2.82. The Hall–Kier alpha value is -2.62. The summed E-state index contributed by atoms with van der Waals surface area (Å²) in [4.78, 5) is 8.40. The second kappa shape index (κ2) is 4.94. The first-order chi connectivity index (χ1) is 9.34. The SMILES string of the molecule is Nc1cnccc1NCc1cccc2cccnc12. The molecule has 19 heavy (non-hydrogen) atoms. The lowest BCUT2D eigenvalue weighted by molar-refractivity contribution is 1.15. The number of anilines is 2. The first-order valence-electron chi connectivity index (χ1n) is 6.10. The Labute approximate surface area is 111 Å². The minimum Gasteiger partial charge on any atom is -0.396 e. The van der Waals surface area contributed by atoms with E-state index >= 15 is 0 Å². The monoisotopic (exact) mass is 250 g/mol. The molecule has 0 aliphatic carbocycles. The van der Waals surface area contributed by atoms with E-state index in [1.54, 1.807) is 12.4 Å². The lowest BCUT2D eigenvalue weighted by atomic mass is 10.1. The Morgan fingerprint density at radius 2 is 1.95 bits per heavy atom. The van der Waals surface area contributed by atoms with Gasteiger partial charge in [0.15, 0.2) is 0 Å². The average molecular weight is 250 g/mol. The summed E-state index contributed by atoms with van der Waals surface area (Å²) in [5.41, 5.74) is 9.56. The van der Waals surface area contributed by atoms with Crippen LogP contribution in [-0.2, 0) is 6.54 Å². The zero-order valence-electron chi connectivity index (χ0n) is 10.4. The van der Waals surface area contributed by atoms with E-state index in [9.17, 15) is 0 Å². The van der Waals surface area contributed by atoms with E-state index in [1.165, 1.54) is 0 Å². The van der Waals surface area contributed by atoms with Crippen LogP contribution in [0.3, 0.4) is 0 Å². The predicted molar refractivity (Wildman–Crippen MR) is 77.7 cm³/mol. The summed E-state index contributed by atoms with van der Waals surface area (Å²) in [7, 11) is 0. The first kappa shape index (κ1) is 11.5. The minimum atomic E-state index is 0.649. The maximum atomic E-state index is 5.86. The molecule has 0 radical (unpaired) electrons. The van der Waals surface area contributed by atoms with Crippen LogP contribution in [0.15, 0.2) is 55.0 Å². The number of nitrogen functional groups attached to an aromatic ring is 1. The summed E-state index contributed by atoms with van der Waals surface area (Å²) in [6.07, 6.45) is 5.18. The highest BCUT2D eigenvalue weighted by molar-refractivity contribution is 5.81. The summed E-state index contributed by atoms with van der Waals surface area (Å²) in [5.74, 6) is 0. The number of fused-ring (bicyclic) bond motifs is 1. The van der Waals surface area contributed by atoms with Crippen molar-refractivity contribution in [2.75, 3.05) is 11.1 Å². The smallest absolute Gasteiger partial charge is 0.0751 e. The van der Waals surface area contributed by atoms with E-state index in [0.29, 0.717) is 12.2 Å². The van der Waals surface area contributed by atoms with Crippen molar-refractivity contribution in [3.05, 3.63) is 60.6 Å². The summed E-state index contributed by atoms with van der Waals surface area (Å²) in [6.45, 7) is 0.683. The lowest BCUT2D eigenvalue weighted by Gasteiger charge is -2.10. The number of para-hydroxylation sites is 1. The van der Waals surface area contributed by atoms with Crippen LogP contribution in [0.1, 0.15) is 5.56 Å². The maximum Gasteiger partial charge on any atom is 0.0751 e. The molecule has 0 spiro atoms. The third-order valence-electron chi connectivity index (χ3n) is 3.04. The molecular formula is C15H14N4. The zero-order valence-corrected chi connectivity index (χ0v) is 10.4. The Bertz CT molecular complexity index is 704. The third kappa shape index (κ3) is 2.33. The van der Waals surface area contributed by atoms with Crippen molar-refractivity contribution < 1.29 is 0 Å². The molecule has 0 bridgehead atoms. The molecule has 0 unspecified atom stereocenters. The van der Waals surface area contributed by atoms with E-state index in [-0.39, 0.29) is 0 Å². The molecule has 0 saturated carbocycles. The van der Waals surface area contributed by atoms with Crippen LogP contribution < -0.4 is 11.1 Å². The Morgan fingerprint density at radius 3 is 2.84 bits per heavy atom. The quantitative estimate of drug-likeness (QED) is 0.750. The molecule has 0 aliphatic rings. The van der Waals surface area contributed by atoms with Crippen LogP contribution in [0.2, 0.25) is 0 Å². The van der Waals surface area contributed by atoms with Gasteiger partial charge in [0.2, 0.25) is 0 Å². The van der Waals surface area contributed by atoms with Gasteiger partial charge in [0.1, 0.15) is 0 Å². The largest absolute Gasteiger partial charge is 0.396 e. The molecule has 2 heterocycles. The molecule has 3 N–H and O–H groups in total. The van der Waals surface area contributed by atoms with Gasteiger partial charge in [0, 0.05) is 24.3 Å². The summed E-state index contributed by atoms with van der Waals surface area (Å²) >= 11 is 0. The van der Waals surface area contributed by atoms with Gasteiger partial charge in [-0.15, -0.1) is 0 Å².